The van der Waals surface area contributed by atoms with Crippen molar-refractivity contribution in [1.82, 2.24) is 0 Å². The average molecular weight is 282 g/mol. The molecule has 18 heavy (non-hydrogen) atoms. The molecular weight excluding hydrogens is 269 g/mol. The smallest absolute Gasteiger partial charge is 0.124 e. The van der Waals surface area contributed by atoms with Crippen LogP contribution in [0.5, 0.6) is 0 Å². The van der Waals surface area contributed by atoms with E-state index in [0.29, 0.717) is 18.0 Å². The van der Waals surface area contributed by atoms with Crippen molar-refractivity contribution in [2.24, 2.45) is 5.73 Å². The molecule has 0 radical (unpaired) electrons. The van der Waals surface area contributed by atoms with E-state index in [-0.39, 0.29) is 5.82 Å². The highest BCUT2D eigenvalue weighted by atomic mass is 35.5. The highest BCUT2D eigenvalue weighted by molar-refractivity contribution is 7.99. The van der Waals surface area contributed by atoms with E-state index < -0.39 is 0 Å². The molecule has 0 spiro atoms. The maximum absolute atomic E-state index is 13.4. The lowest BCUT2D eigenvalue weighted by molar-refractivity contribution is 0.621. The van der Waals surface area contributed by atoms with Gasteiger partial charge in [0.1, 0.15) is 5.82 Å². The number of nitrogens with two attached hydrogens (primary N) is 1. The molecule has 94 valence electrons. The maximum atomic E-state index is 13.4. The monoisotopic (exact) mass is 281 g/mol. The molecule has 0 unspecified atom stereocenters. The fourth-order valence-corrected chi connectivity index (χ4v) is 2.68. The molecule has 0 saturated carbocycles. The summed E-state index contributed by atoms with van der Waals surface area (Å²) in [5, 5.41) is 0.697. The first kappa shape index (κ1) is 13.4. The van der Waals surface area contributed by atoms with Gasteiger partial charge in [-0.1, -0.05) is 23.4 Å². The molecular formula is C14H13ClFNS. The minimum absolute atomic E-state index is 0.225. The van der Waals surface area contributed by atoms with Crippen LogP contribution in [-0.2, 0) is 6.42 Å². The van der Waals surface area contributed by atoms with Gasteiger partial charge in [0.25, 0.3) is 0 Å². The Morgan fingerprint density at radius 1 is 1.06 bits per heavy atom. The van der Waals surface area contributed by atoms with E-state index in [9.17, 15) is 4.39 Å². The lowest BCUT2D eigenvalue weighted by Gasteiger charge is -2.05. The van der Waals surface area contributed by atoms with Crippen LogP contribution in [0.3, 0.4) is 0 Å². The molecule has 2 aromatic carbocycles. The molecule has 0 bridgehead atoms. The number of hydrogen-bond donors (Lipinski definition) is 1. The second-order valence-corrected chi connectivity index (χ2v) is 5.47. The van der Waals surface area contributed by atoms with Crippen LogP contribution in [0.25, 0.3) is 0 Å². The predicted molar refractivity (Wildman–Crippen MR) is 74.7 cm³/mol. The highest BCUT2D eigenvalue weighted by Crippen LogP contribution is 2.29. The Morgan fingerprint density at radius 3 is 2.44 bits per heavy atom. The Balaban J connectivity index is 2.20. The minimum Gasteiger partial charge on any atom is -0.330 e. The van der Waals surface area contributed by atoms with E-state index >= 15 is 0 Å². The third-order valence-corrected chi connectivity index (χ3v) is 3.64. The van der Waals surface area contributed by atoms with E-state index in [4.69, 9.17) is 17.3 Å². The van der Waals surface area contributed by atoms with E-state index in [1.165, 1.54) is 23.9 Å². The summed E-state index contributed by atoms with van der Waals surface area (Å²) in [6.45, 7) is 0.522. The molecule has 0 atom stereocenters. The lowest BCUT2D eigenvalue weighted by Crippen LogP contribution is -2.02. The van der Waals surface area contributed by atoms with Gasteiger partial charge in [-0.3, -0.25) is 0 Å². The predicted octanol–water partition coefficient (Wildman–Crippen LogP) is 4.13. The number of halogens is 2. The third kappa shape index (κ3) is 3.73. The maximum Gasteiger partial charge on any atom is 0.124 e. The van der Waals surface area contributed by atoms with Crippen molar-refractivity contribution >= 4 is 23.4 Å². The van der Waals surface area contributed by atoms with Crippen LogP contribution >= 0.6 is 23.4 Å². The van der Waals surface area contributed by atoms with Gasteiger partial charge < -0.3 is 5.73 Å². The first-order valence-electron chi connectivity index (χ1n) is 5.60. The van der Waals surface area contributed by atoms with Crippen LogP contribution in [0, 0.1) is 5.82 Å². The fraction of sp³-hybridized carbons (Fsp3) is 0.143. The van der Waals surface area contributed by atoms with Crippen molar-refractivity contribution in [2.75, 3.05) is 6.54 Å². The molecule has 0 aromatic heterocycles. The van der Waals surface area contributed by atoms with Gasteiger partial charge >= 0.3 is 0 Å². The summed E-state index contributed by atoms with van der Waals surface area (Å²) in [7, 11) is 0. The van der Waals surface area contributed by atoms with Crippen LogP contribution in [-0.4, -0.2) is 6.54 Å². The standard InChI is InChI=1S/C14H13ClFNS/c15-11-1-3-13(4-2-11)18-14-8-10(5-6-17)7-12(16)9-14/h1-4,7-9H,5-6,17H2. The molecule has 0 amide bonds. The Hall–Kier alpha value is -1.03. The molecule has 2 rings (SSSR count). The molecule has 0 heterocycles. The Kier molecular flexibility index (Phi) is 4.64. The van der Waals surface area contributed by atoms with Crippen molar-refractivity contribution in [2.45, 2.75) is 16.2 Å². The van der Waals surface area contributed by atoms with Crippen LogP contribution < -0.4 is 5.73 Å². The Labute approximate surface area is 115 Å². The zero-order valence-electron chi connectivity index (χ0n) is 9.70. The molecule has 0 saturated heterocycles. The normalized spacial score (nSPS) is 10.6. The summed E-state index contributed by atoms with van der Waals surface area (Å²) in [6.07, 6.45) is 0.686. The molecule has 2 N–H and O–H groups in total. The van der Waals surface area contributed by atoms with E-state index in [1.54, 1.807) is 0 Å². The van der Waals surface area contributed by atoms with Crippen LogP contribution in [0.2, 0.25) is 5.02 Å². The van der Waals surface area contributed by atoms with E-state index in [2.05, 4.69) is 0 Å². The lowest BCUT2D eigenvalue weighted by atomic mass is 10.1. The van der Waals surface area contributed by atoms with Gasteiger partial charge in [-0.25, -0.2) is 4.39 Å². The van der Waals surface area contributed by atoms with Crippen molar-refractivity contribution in [3.63, 3.8) is 0 Å². The summed E-state index contributed by atoms with van der Waals surface area (Å²) < 4.78 is 13.4. The largest absolute Gasteiger partial charge is 0.330 e. The molecule has 0 aliphatic heterocycles. The SMILES string of the molecule is NCCc1cc(F)cc(Sc2ccc(Cl)cc2)c1. The number of hydrogen-bond acceptors (Lipinski definition) is 2. The summed E-state index contributed by atoms with van der Waals surface area (Å²) in [5.41, 5.74) is 6.41. The van der Waals surface area contributed by atoms with Crippen LogP contribution in [0.15, 0.2) is 52.3 Å². The van der Waals surface area contributed by atoms with Crippen LogP contribution in [0.4, 0.5) is 4.39 Å². The van der Waals surface area contributed by atoms with Crippen molar-refractivity contribution in [3.8, 4) is 0 Å². The van der Waals surface area contributed by atoms with E-state index in [0.717, 1.165) is 15.4 Å². The summed E-state index contributed by atoms with van der Waals surface area (Å²) in [6, 6.07) is 12.5. The van der Waals surface area contributed by atoms with E-state index in [1.807, 2.05) is 30.3 Å². The molecule has 0 aliphatic carbocycles. The van der Waals surface area contributed by atoms with Gasteiger partial charge in [0.2, 0.25) is 0 Å². The number of rotatable bonds is 4. The third-order valence-electron chi connectivity index (χ3n) is 2.41. The van der Waals surface area contributed by atoms with Crippen LogP contribution in [0.1, 0.15) is 5.56 Å². The van der Waals surface area contributed by atoms with Crippen molar-refractivity contribution in [3.05, 3.63) is 58.9 Å². The Bertz CT molecular complexity index is 528. The summed E-state index contributed by atoms with van der Waals surface area (Å²) >= 11 is 7.33. The van der Waals surface area contributed by atoms with Crippen molar-refractivity contribution < 1.29 is 4.39 Å². The summed E-state index contributed by atoms with van der Waals surface area (Å²) in [4.78, 5) is 1.91. The molecule has 2 aromatic rings. The number of benzene rings is 2. The van der Waals surface area contributed by atoms with Crippen molar-refractivity contribution in [1.29, 1.82) is 0 Å². The molecule has 4 heteroatoms. The zero-order chi connectivity index (χ0) is 13.0. The first-order chi connectivity index (χ1) is 8.67. The quantitative estimate of drug-likeness (QED) is 0.912. The minimum atomic E-state index is -0.225. The van der Waals surface area contributed by atoms with Gasteiger partial charge in [-0.05, 0) is 61.0 Å². The topological polar surface area (TPSA) is 26.0 Å². The fourth-order valence-electron chi connectivity index (χ4n) is 1.63. The Morgan fingerprint density at radius 2 is 1.78 bits per heavy atom. The van der Waals surface area contributed by atoms with Gasteiger partial charge in [0.05, 0.1) is 0 Å². The average Bonchev–Trinajstić information content (AvgIpc) is 2.32. The van der Waals surface area contributed by atoms with Gasteiger partial charge in [-0.2, -0.15) is 0 Å². The second kappa shape index (κ2) is 6.23. The highest BCUT2D eigenvalue weighted by Gasteiger charge is 2.03. The van der Waals surface area contributed by atoms with Gasteiger partial charge in [0.15, 0.2) is 0 Å². The zero-order valence-corrected chi connectivity index (χ0v) is 11.3. The molecule has 0 aliphatic rings. The molecule has 1 nitrogen and oxygen atoms in total. The molecule has 0 fully saturated rings. The van der Waals surface area contributed by atoms with Gasteiger partial charge in [0, 0.05) is 14.8 Å². The summed E-state index contributed by atoms with van der Waals surface area (Å²) in [5.74, 6) is -0.225. The second-order valence-electron chi connectivity index (χ2n) is 3.89. The first-order valence-corrected chi connectivity index (χ1v) is 6.80. The van der Waals surface area contributed by atoms with Gasteiger partial charge in [-0.15, -0.1) is 0 Å².